The molecule has 1 aromatic carbocycles. The lowest BCUT2D eigenvalue weighted by molar-refractivity contribution is -0.104. The van der Waals surface area contributed by atoms with E-state index in [-0.39, 0.29) is 11.5 Å². The molecule has 0 spiro atoms. The average Bonchev–Trinajstić information content (AvgIpc) is 2.61. The van der Waals surface area contributed by atoms with Crippen LogP contribution in [0, 0.1) is 0 Å². The molecule has 0 saturated carbocycles. The van der Waals surface area contributed by atoms with Crippen LogP contribution in [0.4, 0.5) is 0 Å². The van der Waals surface area contributed by atoms with E-state index >= 15 is 0 Å². The molecule has 0 atom stereocenters. The van der Waals surface area contributed by atoms with E-state index in [0.717, 1.165) is 6.29 Å². The topological polar surface area (TPSA) is 46.2 Å². The van der Waals surface area contributed by atoms with E-state index in [1.54, 1.807) is 37.4 Å². The second kappa shape index (κ2) is 15.4. The molecule has 0 aliphatic carbocycles. The van der Waals surface area contributed by atoms with Crippen LogP contribution in [0.1, 0.15) is 45.0 Å². The third-order valence-electron chi connectivity index (χ3n) is 2.19. The summed E-state index contributed by atoms with van der Waals surface area (Å²) >= 11 is 7.04. The number of nitrogens with one attached hydrogen (secondary N) is 1. The van der Waals surface area contributed by atoms with Crippen molar-refractivity contribution in [2.45, 2.75) is 34.6 Å². The molecule has 0 aromatic heterocycles. The van der Waals surface area contributed by atoms with Crippen LogP contribution >= 0.6 is 23.4 Å². The molecule has 0 fully saturated rings. The molecular weight excluding hydrogens is 330 g/mol. The maximum atomic E-state index is 11.9. The summed E-state index contributed by atoms with van der Waals surface area (Å²) in [6.07, 6.45) is 2.29. The van der Waals surface area contributed by atoms with Crippen LogP contribution in [0.3, 0.4) is 0 Å². The summed E-state index contributed by atoms with van der Waals surface area (Å²) in [6.45, 7) is 13.4. The zero-order valence-corrected chi connectivity index (χ0v) is 16.1. The molecule has 0 amide bonds. The minimum atomic E-state index is 0.000653. The van der Waals surface area contributed by atoms with Crippen molar-refractivity contribution in [2.24, 2.45) is 0 Å². The fourth-order valence-corrected chi connectivity index (χ4v) is 1.88. The second-order valence-corrected chi connectivity index (χ2v) is 5.30. The molecule has 0 bridgehead atoms. The fraction of sp³-hybridized carbons (Fsp3) is 0.333. The first kappa shape index (κ1) is 23.7. The van der Waals surface area contributed by atoms with E-state index < -0.39 is 0 Å². The van der Waals surface area contributed by atoms with Gasteiger partial charge in [-0.15, -0.1) is 11.8 Å². The zero-order chi connectivity index (χ0) is 18.3. The summed E-state index contributed by atoms with van der Waals surface area (Å²) in [5, 5.41) is 4.07. The van der Waals surface area contributed by atoms with E-state index in [1.807, 2.05) is 27.7 Å². The van der Waals surface area contributed by atoms with Crippen LogP contribution in [0.5, 0.6) is 0 Å². The predicted molar refractivity (Wildman–Crippen MR) is 103 cm³/mol. The predicted octanol–water partition coefficient (Wildman–Crippen LogP) is 5.47. The zero-order valence-electron chi connectivity index (χ0n) is 14.5. The molecule has 3 nitrogen and oxygen atoms in total. The van der Waals surface area contributed by atoms with Crippen LogP contribution in [-0.4, -0.2) is 17.8 Å². The number of aldehydes is 1. The van der Waals surface area contributed by atoms with Crippen LogP contribution in [0.2, 0.25) is 5.02 Å². The largest absolute Gasteiger partial charge is 0.357 e. The van der Waals surface area contributed by atoms with Gasteiger partial charge in [0.15, 0.2) is 5.78 Å². The van der Waals surface area contributed by atoms with Gasteiger partial charge in [-0.2, -0.15) is 0 Å². The first-order chi connectivity index (χ1) is 11.0. The van der Waals surface area contributed by atoms with Gasteiger partial charge in [-0.1, -0.05) is 45.9 Å². The number of thioether (sulfide) groups is 1. The number of Topliss-reactive ketones (excluding diaryl/α,β-unsaturated/α-hetero) is 1. The summed E-state index contributed by atoms with van der Waals surface area (Å²) in [5.41, 5.74) is 1.18. The Morgan fingerprint density at radius 3 is 2.22 bits per heavy atom. The quantitative estimate of drug-likeness (QED) is 0.400. The third kappa shape index (κ3) is 11.7. The van der Waals surface area contributed by atoms with Crippen LogP contribution in [0.25, 0.3) is 0 Å². The molecule has 0 aliphatic rings. The van der Waals surface area contributed by atoms with Crippen molar-refractivity contribution in [1.29, 1.82) is 0 Å². The number of rotatable bonds is 7. The van der Waals surface area contributed by atoms with Crippen molar-refractivity contribution in [3.05, 3.63) is 58.2 Å². The minimum absolute atomic E-state index is 0.000653. The highest BCUT2D eigenvalue weighted by Crippen LogP contribution is 2.15. The molecule has 1 aromatic rings. The lowest BCUT2D eigenvalue weighted by Gasteiger charge is -2.05. The van der Waals surface area contributed by atoms with Gasteiger partial charge < -0.3 is 5.32 Å². The van der Waals surface area contributed by atoms with Crippen molar-refractivity contribution < 1.29 is 9.59 Å². The van der Waals surface area contributed by atoms with Crippen LogP contribution < -0.4 is 5.32 Å². The molecule has 128 valence electrons. The number of carbonyl (C=O) groups is 2. The van der Waals surface area contributed by atoms with Crippen LogP contribution in [0.15, 0.2) is 47.6 Å². The van der Waals surface area contributed by atoms with Crippen molar-refractivity contribution in [1.82, 2.24) is 5.32 Å². The average molecular weight is 356 g/mol. The summed E-state index contributed by atoms with van der Waals surface area (Å²) in [7, 11) is 0. The van der Waals surface area contributed by atoms with E-state index in [0.29, 0.717) is 21.2 Å². The van der Waals surface area contributed by atoms with E-state index in [4.69, 9.17) is 11.6 Å². The Balaban J connectivity index is 0. The number of allylic oxidation sites excluding steroid dienone is 1. The third-order valence-corrected chi connectivity index (χ3v) is 3.32. The summed E-state index contributed by atoms with van der Waals surface area (Å²) < 4.78 is 0. The van der Waals surface area contributed by atoms with E-state index in [1.165, 1.54) is 11.8 Å². The normalized spacial score (nSPS) is 9.57. The number of hydrogen-bond acceptors (Lipinski definition) is 4. The monoisotopic (exact) mass is 355 g/mol. The Hall–Kier alpha value is -1.52. The molecule has 0 radical (unpaired) electrons. The molecule has 0 heterocycles. The van der Waals surface area contributed by atoms with Gasteiger partial charge in [-0.25, -0.2) is 0 Å². The number of carbonyl (C=O) groups excluding carboxylic acids is 2. The number of ketones is 1. The molecular formula is C18H26ClNO2S. The van der Waals surface area contributed by atoms with Gasteiger partial charge in [0.05, 0.1) is 10.8 Å². The minimum Gasteiger partial charge on any atom is -0.357 e. The lowest BCUT2D eigenvalue weighted by atomic mass is 10.1. The van der Waals surface area contributed by atoms with Crippen LogP contribution in [-0.2, 0) is 4.79 Å². The summed E-state index contributed by atoms with van der Waals surface area (Å²) in [6, 6.07) is 6.75. The summed E-state index contributed by atoms with van der Waals surface area (Å²) in [4.78, 5) is 22.2. The Bertz CT molecular complexity index is 510. The van der Waals surface area contributed by atoms with E-state index in [9.17, 15) is 9.59 Å². The molecule has 23 heavy (non-hydrogen) atoms. The molecule has 5 heteroatoms. The number of halogens is 1. The standard InChI is InChI=1S/C14H14ClNO2S.2C2H6/c1-10(8-17)7-16-11(2)19-9-14(18)12-3-5-13(15)6-4-12;2*1-2/h3-8,16H,2,9H2,1H3;2*1-2H3/b10-7+;;. The summed E-state index contributed by atoms with van der Waals surface area (Å²) in [5.74, 6) is 0.280. The highest BCUT2D eigenvalue weighted by molar-refractivity contribution is 8.03. The van der Waals surface area contributed by atoms with E-state index in [2.05, 4.69) is 11.9 Å². The maximum Gasteiger partial charge on any atom is 0.173 e. The van der Waals surface area contributed by atoms with Gasteiger partial charge in [-0.05, 0) is 31.2 Å². The van der Waals surface area contributed by atoms with Gasteiger partial charge >= 0.3 is 0 Å². The fourth-order valence-electron chi connectivity index (χ4n) is 1.14. The maximum absolute atomic E-state index is 11.9. The molecule has 0 aliphatic heterocycles. The SMILES string of the molecule is C=C(N/C=C(\C)C=O)SCC(=O)c1ccc(Cl)cc1.CC.CC. The molecule has 1 rings (SSSR count). The van der Waals surface area contributed by atoms with Crippen molar-refractivity contribution >= 4 is 35.4 Å². The Labute approximate surface area is 149 Å². The molecule has 1 N–H and O–H groups in total. The first-order valence-corrected chi connectivity index (χ1v) is 8.88. The van der Waals surface area contributed by atoms with Gasteiger partial charge in [0.2, 0.25) is 0 Å². The Kier molecular flexibility index (Phi) is 15.9. The van der Waals surface area contributed by atoms with Crippen molar-refractivity contribution in [3.63, 3.8) is 0 Å². The molecule has 0 saturated heterocycles. The highest BCUT2D eigenvalue weighted by Gasteiger charge is 2.06. The number of benzene rings is 1. The highest BCUT2D eigenvalue weighted by atomic mass is 35.5. The van der Waals surface area contributed by atoms with Gasteiger partial charge in [0.1, 0.15) is 6.29 Å². The number of hydrogen-bond donors (Lipinski definition) is 1. The smallest absolute Gasteiger partial charge is 0.173 e. The Morgan fingerprint density at radius 1 is 1.22 bits per heavy atom. The Morgan fingerprint density at radius 2 is 1.74 bits per heavy atom. The molecule has 0 unspecified atom stereocenters. The second-order valence-electron chi connectivity index (χ2n) is 3.79. The van der Waals surface area contributed by atoms with Gasteiger partial charge in [-0.3, -0.25) is 9.59 Å². The first-order valence-electron chi connectivity index (χ1n) is 7.52. The van der Waals surface area contributed by atoms with Crippen molar-refractivity contribution in [3.8, 4) is 0 Å². The van der Waals surface area contributed by atoms with Crippen molar-refractivity contribution in [2.75, 3.05) is 5.75 Å². The lowest BCUT2D eigenvalue weighted by Crippen LogP contribution is -2.07. The van der Waals surface area contributed by atoms with Gasteiger partial charge in [0, 0.05) is 22.4 Å². The van der Waals surface area contributed by atoms with Gasteiger partial charge in [0.25, 0.3) is 0 Å².